The number of aromatic amines is 1. The van der Waals surface area contributed by atoms with Gasteiger partial charge in [0.1, 0.15) is 0 Å². The number of pyridine rings is 1. The molecule has 1 amide bonds. The first-order chi connectivity index (χ1) is 11.1. The third kappa shape index (κ3) is 3.21. The number of H-pyrrole nitrogens is 1. The molecule has 0 saturated carbocycles. The number of nitrogens with one attached hydrogen (secondary N) is 1. The van der Waals surface area contributed by atoms with Gasteiger partial charge in [0.25, 0.3) is 0 Å². The molecule has 0 aliphatic carbocycles. The molecule has 0 atom stereocenters. The van der Waals surface area contributed by atoms with Crippen LogP contribution in [0.5, 0.6) is 0 Å². The Balaban J connectivity index is 2.18. The first kappa shape index (κ1) is 14.8. The highest BCUT2D eigenvalue weighted by atomic mass is 16.1. The van der Waals surface area contributed by atoms with Crippen molar-refractivity contribution in [1.82, 2.24) is 4.98 Å². The van der Waals surface area contributed by atoms with Gasteiger partial charge in [0.15, 0.2) is 0 Å². The first-order valence-corrected chi connectivity index (χ1v) is 7.30. The fourth-order valence-corrected chi connectivity index (χ4v) is 2.71. The second kappa shape index (κ2) is 6.32. The van der Waals surface area contributed by atoms with Crippen molar-refractivity contribution in [1.29, 1.82) is 0 Å². The number of aromatic nitrogens is 1. The van der Waals surface area contributed by atoms with Crippen LogP contribution in [0.1, 0.15) is 21.5 Å². The topological polar surface area (TPSA) is 76.0 Å². The maximum atomic E-state index is 11.8. The lowest BCUT2D eigenvalue weighted by molar-refractivity contribution is 0.100. The SMILES string of the molecule is NC(=O)c1cccc(Cc2ccccc2)c1-c1cc[nH]c(=O)c1. The molecule has 3 N–H and O–H groups in total. The Morgan fingerprint density at radius 1 is 1.00 bits per heavy atom. The zero-order chi connectivity index (χ0) is 16.2. The fraction of sp³-hybridized carbons (Fsp3) is 0.0526. The summed E-state index contributed by atoms with van der Waals surface area (Å²) in [7, 11) is 0. The molecular formula is C19H16N2O2. The molecule has 0 bridgehead atoms. The molecule has 4 heteroatoms. The van der Waals surface area contributed by atoms with Gasteiger partial charge < -0.3 is 10.7 Å². The third-order valence-corrected chi connectivity index (χ3v) is 3.72. The van der Waals surface area contributed by atoms with Crippen molar-refractivity contribution in [2.45, 2.75) is 6.42 Å². The zero-order valence-corrected chi connectivity index (χ0v) is 12.5. The molecule has 1 aromatic heterocycles. The molecule has 0 radical (unpaired) electrons. The molecule has 2 aromatic carbocycles. The number of benzene rings is 2. The lowest BCUT2D eigenvalue weighted by Crippen LogP contribution is -2.14. The maximum absolute atomic E-state index is 11.8. The quantitative estimate of drug-likeness (QED) is 0.777. The van der Waals surface area contributed by atoms with Gasteiger partial charge in [0, 0.05) is 17.8 Å². The lowest BCUT2D eigenvalue weighted by atomic mass is 9.91. The van der Waals surface area contributed by atoms with Crippen molar-refractivity contribution in [3.05, 3.63) is 93.9 Å². The standard InChI is InChI=1S/C19H16N2O2/c20-19(23)16-8-4-7-14(11-13-5-2-1-3-6-13)18(16)15-9-10-21-17(22)12-15/h1-10,12H,11H2,(H2,20,23)(H,21,22). The number of nitrogens with two attached hydrogens (primary N) is 1. The van der Waals surface area contributed by atoms with E-state index in [9.17, 15) is 9.59 Å². The lowest BCUT2D eigenvalue weighted by Gasteiger charge is -2.13. The second-order valence-corrected chi connectivity index (χ2v) is 5.31. The average molecular weight is 304 g/mol. The Morgan fingerprint density at radius 3 is 2.48 bits per heavy atom. The molecule has 1 heterocycles. The van der Waals surface area contributed by atoms with E-state index in [-0.39, 0.29) is 5.56 Å². The van der Waals surface area contributed by atoms with E-state index >= 15 is 0 Å². The summed E-state index contributed by atoms with van der Waals surface area (Å²) in [4.78, 5) is 26.1. The number of hydrogen-bond acceptors (Lipinski definition) is 2. The minimum atomic E-state index is -0.504. The van der Waals surface area contributed by atoms with Gasteiger partial charge >= 0.3 is 0 Å². The molecule has 0 fully saturated rings. The second-order valence-electron chi connectivity index (χ2n) is 5.31. The van der Waals surface area contributed by atoms with Crippen LogP contribution in [0.3, 0.4) is 0 Å². The Morgan fingerprint density at radius 2 is 1.78 bits per heavy atom. The Bertz CT molecular complexity index is 898. The number of hydrogen-bond donors (Lipinski definition) is 2. The van der Waals surface area contributed by atoms with Crippen LogP contribution in [0, 0.1) is 0 Å². The number of rotatable bonds is 4. The van der Waals surface area contributed by atoms with E-state index in [1.165, 1.54) is 6.07 Å². The monoisotopic (exact) mass is 304 g/mol. The van der Waals surface area contributed by atoms with E-state index in [2.05, 4.69) is 4.98 Å². The molecule has 23 heavy (non-hydrogen) atoms. The fourth-order valence-electron chi connectivity index (χ4n) is 2.71. The summed E-state index contributed by atoms with van der Waals surface area (Å²) in [6, 6.07) is 18.7. The highest BCUT2D eigenvalue weighted by Crippen LogP contribution is 2.28. The molecule has 0 unspecified atom stereocenters. The molecular weight excluding hydrogens is 288 g/mol. The Hall–Kier alpha value is -3.14. The minimum Gasteiger partial charge on any atom is -0.366 e. The largest absolute Gasteiger partial charge is 0.366 e. The predicted molar refractivity (Wildman–Crippen MR) is 90.3 cm³/mol. The van der Waals surface area contributed by atoms with Crippen molar-refractivity contribution in [3.8, 4) is 11.1 Å². The van der Waals surface area contributed by atoms with Crippen molar-refractivity contribution >= 4 is 5.91 Å². The van der Waals surface area contributed by atoms with E-state index < -0.39 is 5.91 Å². The van der Waals surface area contributed by atoms with Crippen LogP contribution >= 0.6 is 0 Å². The summed E-state index contributed by atoms with van der Waals surface area (Å²) in [5, 5.41) is 0. The van der Waals surface area contributed by atoms with Crippen molar-refractivity contribution in [2.24, 2.45) is 5.73 Å². The van der Waals surface area contributed by atoms with E-state index in [1.54, 1.807) is 18.3 Å². The molecule has 4 nitrogen and oxygen atoms in total. The average Bonchev–Trinajstić information content (AvgIpc) is 2.55. The first-order valence-electron chi connectivity index (χ1n) is 7.30. The third-order valence-electron chi connectivity index (χ3n) is 3.72. The number of primary amides is 1. The molecule has 0 aliphatic rings. The number of carbonyl (C=O) groups is 1. The van der Waals surface area contributed by atoms with Crippen molar-refractivity contribution in [3.63, 3.8) is 0 Å². The van der Waals surface area contributed by atoms with Crippen LogP contribution in [0.15, 0.2) is 71.7 Å². The van der Waals surface area contributed by atoms with Crippen molar-refractivity contribution < 1.29 is 4.79 Å². The van der Waals surface area contributed by atoms with Crippen LogP contribution < -0.4 is 11.3 Å². The summed E-state index contributed by atoms with van der Waals surface area (Å²) in [6.07, 6.45) is 2.23. The number of carbonyl (C=O) groups excluding carboxylic acids is 1. The Labute approximate surface area is 133 Å². The predicted octanol–water partition coefficient (Wildman–Crippen LogP) is 2.73. The van der Waals surface area contributed by atoms with Gasteiger partial charge in [-0.15, -0.1) is 0 Å². The van der Waals surface area contributed by atoms with Crippen LogP contribution in [-0.4, -0.2) is 10.9 Å². The maximum Gasteiger partial charge on any atom is 0.249 e. The zero-order valence-electron chi connectivity index (χ0n) is 12.5. The molecule has 3 rings (SSSR count). The highest BCUT2D eigenvalue weighted by Gasteiger charge is 2.15. The van der Waals surface area contributed by atoms with E-state index in [0.29, 0.717) is 17.5 Å². The molecule has 114 valence electrons. The molecule has 0 spiro atoms. The minimum absolute atomic E-state index is 0.215. The molecule has 0 saturated heterocycles. The summed E-state index contributed by atoms with van der Waals surface area (Å²) in [5.74, 6) is -0.504. The van der Waals surface area contributed by atoms with Crippen LogP contribution in [-0.2, 0) is 6.42 Å². The van der Waals surface area contributed by atoms with E-state index in [1.807, 2.05) is 42.5 Å². The van der Waals surface area contributed by atoms with Gasteiger partial charge in [0.05, 0.1) is 0 Å². The summed E-state index contributed by atoms with van der Waals surface area (Å²) in [5.41, 5.74) is 9.22. The molecule has 3 aromatic rings. The summed E-state index contributed by atoms with van der Waals surface area (Å²) in [6.45, 7) is 0. The van der Waals surface area contributed by atoms with Gasteiger partial charge in [0.2, 0.25) is 11.5 Å². The van der Waals surface area contributed by atoms with Crippen LogP contribution in [0.25, 0.3) is 11.1 Å². The van der Waals surface area contributed by atoms with Crippen LogP contribution in [0.2, 0.25) is 0 Å². The van der Waals surface area contributed by atoms with Crippen LogP contribution in [0.4, 0.5) is 0 Å². The molecule has 0 aliphatic heterocycles. The van der Waals surface area contributed by atoms with E-state index in [4.69, 9.17) is 5.73 Å². The van der Waals surface area contributed by atoms with Gasteiger partial charge in [-0.1, -0.05) is 42.5 Å². The Kier molecular flexibility index (Phi) is 4.06. The smallest absolute Gasteiger partial charge is 0.249 e. The van der Waals surface area contributed by atoms with Crippen molar-refractivity contribution in [2.75, 3.05) is 0 Å². The van der Waals surface area contributed by atoms with Gasteiger partial charge in [-0.25, -0.2) is 0 Å². The normalized spacial score (nSPS) is 10.4. The summed E-state index contributed by atoms with van der Waals surface area (Å²) >= 11 is 0. The highest BCUT2D eigenvalue weighted by molar-refractivity contribution is 6.00. The van der Waals surface area contributed by atoms with Gasteiger partial charge in [-0.3, -0.25) is 9.59 Å². The summed E-state index contributed by atoms with van der Waals surface area (Å²) < 4.78 is 0. The van der Waals surface area contributed by atoms with E-state index in [0.717, 1.165) is 16.7 Å². The number of amides is 1. The van der Waals surface area contributed by atoms with Gasteiger partial charge in [-0.2, -0.15) is 0 Å². The van der Waals surface area contributed by atoms with Gasteiger partial charge in [-0.05, 0) is 40.8 Å².